The molecule has 0 bridgehead atoms. The van der Waals surface area contributed by atoms with Gasteiger partial charge in [-0.15, -0.1) is 0 Å². The van der Waals surface area contributed by atoms with Gasteiger partial charge in [-0.25, -0.2) is 18.7 Å². The van der Waals surface area contributed by atoms with Crippen LogP contribution in [0.2, 0.25) is 0 Å². The number of nitrogens with two attached hydrogens (primary N) is 1. The first-order chi connectivity index (χ1) is 15.8. The maximum atomic E-state index is 13.7. The lowest BCUT2D eigenvalue weighted by Gasteiger charge is -2.38. The number of alkyl halides is 5. The number of aliphatic hydroxyl groups excluding tert-OH is 1. The number of hydrogen-bond donors (Lipinski definition) is 2. The van der Waals surface area contributed by atoms with E-state index < -0.39 is 61.3 Å². The Morgan fingerprint density at radius 3 is 2.68 bits per heavy atom. The van der Waals surface area contributed by atoms with Crippen LogP contribution < -0.4 is 5.73 Å². The summed E-state index contributed by atoms with van der Waals surface area (Å²) in [5.74, 6) is -4.77. The lowest BCUT2D eigenvalue weighted by molar-refractivity contribution is -0.205. The lowest BCUT2D eigenvalue weighted by atomic mass is 10.0. The predicted octanol–water partition coefficient (Wildman–Crippen LogP) is 0.863. The quantitative estimate of drug-likeness (QED) is 0.538. The van der Waals surface area contributed by atoms with Crippen LogP contribution in [0.1, 0.15) is 42.0 Å². The number of piperidine rings is 1. The number of aliphatic hydroxyl groups is 1. The summed E-state index contributed by atoms with van der Waals surface area (Å²) in [5, 5.41) is 9.78. The zero-order valence-corrected chi connectivity index (χ0v) is 18.4. The van der Waals surface area contributed by atoms with Crippen LogP contribution in [-0.2, 0) is 39.9 Å². The number of rotatable bonds is 7. The Morgan fingerprint density at radius 2 is 2.03 bits per heavy atom. The topological polar surface area (TPSA) is 122 Å². The molecule has 0 radical (unpaired) electrons. The lowest BCUT2D eigenvalue weighted by Crippen LogP contribution is -2.58. The molecule has 1 unspecified atom stereocenters. The van der Waals surface area contributed by atoms with Crippen LogP contribution in [-0.4, -0.2) is 81.7 Å². The number of aromatic nitrogens is 2. The molecule has 3 N–H and O–H groups in total. The first-order valence-corrected chi connectivity index (χ1v) is 10.7. The van der Waals surface area contributed by atoms with Crippen LogP contribution in [0.5, 0.6) is 0 Å². The van der Waals surface area contributed by atoms with Crippen molar-refractivity contribution in [3.05, 3.63) is 22.8 Å². The van der Waals surface area contributed by atoms with Gasteiger partial charge in [-0.1, -0.05) is 0 Å². The molecule has 3 heterocycles. The van der Waals surface area contributed by atoms with E-state index in [4.69, 9.17) is 10.5 Å². The SMILES string of the molecule is COCCc1nc2c(c(C(F)(F)F)n1)CCN(C(=O)C[C@H](N)CN1C(=O)CCC(F)(F)C1O)C2. The van der Waals surface area contributed by atoms with E-state index in [2.05, 4.69) is 9.97 Å². The first kappa shape index (κ1) is 26.2. The highest BCUT2D eigenvalue weighted by Crippen LogP contribution is 2.34. The molecule has 2 amide bonds. The van der Waals surface area contributed by atoms with Crippen molar-refractivity contribution >= 4 is 11.8 Å². The van der Waals surface area contributed by atoms with Gasteiger partial charge in [0.2, 0.25) is 11.8 Å². The van der Waals surface area contributed by atoms with Crippen molar-refractivity contribution < 1.29 is 41.4 Å². The van der Waals surface area contributed by atoms with Gasteiger partial charge >= 0.3 is 6.18 Å². The molecule has 2 atom stereocenters. The molecule has 0 saturated carbocycles. The van der Waals surface area contributed by atoms with E-state index in [1.165, 1.54) is 12.0 Å². The molecule has 2 aliphatic rings. The fraction of sp³-hybridized carbons (Fsp3) is 0.700. The summed E-state index contributed by atoms with van der Waals surface area (Å²) in [6.45, 7) is -0.581. The third-order valence-corrected chi connectivity index (χ3v) is 5.80. The Balaban J connectivity index is 1.69. The van der Waals surface area contributed by atoms with Crippen molar-refractivity contribution in [2.75, 3.05) is 26.8 Å². The highest BCUT2D eigenvalue weighted by molar-refractivity contribution is 5.79. The highest BCUT2D eigenvalue weighted by Gasteiger charge is 2.48. The van der Waals surface area contributed by atoms with Crippen LogP contribution in [0.3, 0.4) is 0 Å². The Morgan fingerprint density at radius 1 is 1.32 bits per heavy atom. The third-order valence-electron chi connectivity index (χ3n) is 5.80. The second-order valence-electron chi connectivity index (χ2n) is 8.36. The van der Waals surface area contributed by atoms with Gasteiger partial charge in [0, 0.05) is 57.5 Å². The van der Waals surface area contributed by atoms with E-state index >= 15 is 0 Å². The van der Waals surface area contributed by atoms with E-state index in [-0.39, 0.29) is 56.0 Å². The summed E-state index contributed by atoms with van der Waals surface area (Å²) in [5.41, 5.74) is 4.85. The summed E-state index contributed by atoms with van der Waals surface area (Å²) < 4.78 is 72.9. The number of hydrogen-bond acceptors (Lipinski definition) is 7. The van der Waals surface area contributed by atoms with Crippen molar-refractivity contribution in [1.29, 1.82) is 0 Å². The largest absolute Gasteiger partial charge is 0.433 e. The molecule has 1 aromatic rings. The fourth-order valence-corrected chi connectivity index (χ4v) is 4.02. The Kier molecular flexibility index (Phi) is 7.72. The van der Waals surface area contributed by atoms with Crippen molar-refractivity contribution in [3.63, 3.8) is 0 Å². The molecule has 0 aliphatic carbocycles. The molecule has 2 aliphatic heterocycles. The Hall–Kier alpha value is -2.45. The van der Waals surface area contributed by atoms with Crippen LogP contribution in [0.25, 0.3) is 0 Å². The van der Waals surface area contributed by atoms with Gasteiger partial charge in [0.15, 0.2) is 11.9 Å². The van der Waals surface area contributed by atoms with Gasteiger partial charge in [-0.3, -0.25) is 9.59 Å². The number of methoxy groups -OCH3 is 1. The van der Waals surface area contributed by atoms with Crippen LogP contribution in [0.15, 0.2) is 0 Å². The number of carbonyl (C=O) groups is 2. The van der Waals surface area contributed by atoms with Crippen LogP contribution in [0, 0.1) is 0 Å². The minimum Gasteiger partial charge on any atom is -0.384 e. The van der Waals surface area contributed by atoms with Gasteiger partial charge in [0.25, 0.3) is 5.92 Å². The average Bonchev–Trinajstić information content (AvgIpc) is 2.76. The summed E-state index contributed by atoms with van der Waals surface area (Å²) in [4.78, 5) is 34.3. The van der Waals surface area contributed by atoms with Crippen molar-refractivity contribution in [3.8, 4) is 0 Å². The maximum Gasteiger partial charge on any atom is 0.433 e. The molecular formula is C20H26F5N5O4. The summed E-state index contributed by atoms with van der Waals surface area (Å²) in [6, 6.07) is -1.06. The fourth-order valence-electron chi connectivity index (χ4n) is 4.02. The molecule has 34 heavy (non-hydrogen) atoms. The predicted molar refractivity (Wildman–Crippen MR) is 106 cm³/mol. The number of ether oxygens (including phenoxy) is 1. The highest BCUT2D eigenvalue weighted by atomic mass is 19.4. The van der Waals surface area contributed by atoms with Crippen molar-refractivity contribution in [1.82, 2.24) is 19.8 Å². The standard InChI is InChI=1S/C20H26F5N5O4/c1-34-7-4-14-27-13-10-29(6-3-12(13)17(28-14)20(23,24)25)16(32)8-11(26)9-30-15(31)2-5-19(21,22)18(30)33/h11,18,33H,2-10,26H2,1H3/t11-,18?/m0/s1. The molecule has 0 spiro atoms. The summed E-state index contributed by atoms with van der Waals surface area (Å²) in [7, 11) is 1.39. The molecule has 14 heteroatoms. The van der Waals surface area contributed by atoms with Crippen LogP contribution in [0.4, 0.5) is 22.0 Å². The zero-order chi connectivity index (χ0) is 25.3. The molecule has 0 aromatic carbocycles. The number of likely N-dealkylation sites (tertiary alicyclic amines) is 1. The zero-order valence-electron chi connectivity index (χ0n) is 18.4. The molecule has 1 fully saturated rings. The Labute approximate surface area is 192 Å². The number of fused-ring (bicyclic) bond motifs is 1. The van der Waals surface area contributed by atoms with Crippen molar-refractivity contribution in [2.45, 2.75) is 63.0 Å². The Bertz CT molecular complexity index is 929. The normalized spacial score (nSPS) is 21.4. The second-order valence-corrected chi connectivity index (χ2v) is 8.36. The van der Waals surface area contributed by atoms with Gasteiger partial charge in [-0.05, 0) is 6.42 Å². The first-order valence-electron chi connectivity index (χ1n) is 10.7. The second kappa shape index (κ2) is 10.0. The van der Waals surface area contributed by atoms with E-state index in [1.54, 1.807) is 0 Å². The number of halogens is 5. The average molecular weight is 495 g/mol. The molecule has 9 nitrogen and oxygen atoms in total. The van der Waals surface area contributed by atoms with Gasteiger partial charge in [0.05, 0.1) is 18.8 Å². The maximum absolute atomic E-state index is 13.7. The van der Waals surface area contributed by atoms with E-state index in [1.807, 2.05) is 0 Å². The van der Waals surface area contributed by atoms with Crippen LogP contribution >= 0.6 is 0 Å². The van der Waals surface area contributed by atoms with Gasteiger partial charge in [0.1, 0.15) is 5.82 Å². The monoisotopic (exact) mass is 495 g/mol. The van der Waals surface area contributed by atoms with Gasteiger partial charge in [-0.2, -0.15) is 13.2 Å². The molecule has 1 saturated heterocycles. The summed E-state index contributed by atoms with van der Waals surface area (Å²) in [6.07, 6.45) is -8.68. The third kappa shape index (κ3) is 5.78. The molecular weight excluding hydrogens is 469 g/mol. The van der Waals surface area contributed by atoms with E-state index in [0.717, 1.165) is 0 Å². The minimum atomic E-state index is -4.69. The van der Waals surface area contributed by atoms with Gasteiger partial charge < -0.3 is 25.4 Å². The number of amides is 2. The summed E-state index contributed by atoms with van der Waals surface area (Å²) >= 11 is 0. The van der Waals surface area contributed by atoms with E-state index in [9.17, 15) is 36.6 Å². The van der Waals surface area contributed by atoms with Crippen molar-refractivity contribution in [2.24, 2.45) is 5.73 Å². The molecule has 190 valence electrons. The minimum absolute atomic E-state index is 0.0360. The molecule has 3 rings (SSSR count). The molecule has 1 aromatic heterocycles. The smallest absolute Gasteiger partial charge is 0.384 e. The van der Waals surface area contributed by atoms with E-state index in [0.29, 0.717) is 4.90 Å². The number of carbonyl (C=O) groups excluding carboxylic acids is 2. The number of nitrogens with zero attached hydrogens (tertiary/aromatic N) is 4.